The van der Waals surface area contributed by atoms with Gasteiger partial charge in [0.25, 0.3) is 0 Å². The molecule has 1 N–H and O–H groups in total. The lowest BCUT2D eigenvalue weighted by atomic mass is 10.2. The van der Waals surface area contributed by atoms with E-state index in [9.17, 15) is 0 Å². The summed E-state index contributed by atoms with van der Waals surface area (Å²) in [6, 6.07) is 7.67. The van der Waals surface area contributed by atoms with Crippen LogP contribution in [0.2, 0.25) is 0 Å². The van der Waals surface area contributed by atoms with Crippen molar-refractivity contribution < 1.29 is 9.47 Å². The van der Waals surface area contributed by atoms with Crippen LogP contribution in [-0.2, 0) is 12.8 Å². The standard InChI is InChI=1S/C18H19N3O2S/c1-22-13-6-2-3-7-14(13)23-10-9-19-17-16-12-5-4-8-15(12)24-18(16)21-11-20-17/h2-3,6-7,11H,4-5,8-10H2,1H3,(H,19,20,21). The van der Waals surface area contributed by atoms with E-state index in [-0.39, 0.29) is 0 Å². The van der Waals surface area contributed by atoms with E-state index in [1.54, 1.807) is 24.8 Å². The molecule has 0 atom stereocenters. The molecule has 4 rings (SSSR count). The summed E-state index contributed by atoms with van der Waals surface area (Å²) < 4.78 is 11.1. The second-order valence-electron chi connectivity index (χ2n) is 5.69. The number of nitrogens with zero attached hydrogens (tertiary/aromatic N) is 2. The molecule has 0 bridgehead atoms. The van der Waals surface area contributed by atoms with Crippen LogP contribution >= 0.6 is 11.3 Å². The first kappa shape index (κ1) is 15.2. The average Bonchev–Trinajstić information content (AvgIpc) is 3.20. The van der Waals surface area contributed by atoms with Gasteiger partial charge < -0.3 is 14.8 Å². The summed E-state index contributed by atoms with van der Waals surface area (Å²) in [5.41, 5.74) is 1.43. The van der Waals surface area contributed by atoms with E-state index in [1.807, 2.05) is 24.3 Å². The van der Waals surface area contributed by atoms with Crippen LogP contribution in [-0.4, -0.2) is 30.2 Å². The summed E-state index contributed by atoms with van der Waals surface area (Å²) >= 11 is 1.80. The van der Waals surface area contributed by atoms with Gasteiger partial charge in [0.15, 0.2) is 11.5 Å². The van der Waals surface area contributed by atoms with Crippen molar-refractivity contribution in [2.75, 3.05) is 25.6 Å². The van der Waals surface area contributed by atoms with E-state index < -0.39 is 0 Å². The predicted octanol–water partition coefficient (Wildman–Crippen LogP) is 3.68. The van der Waals surface area contributed by atoms with E-state index in [4.69, 9.17) is 9.47 Å². The molecule has 2 aromatic heterocycles. The van der Waals surface area contributed by atoms with Gasteiger partial charge in [-0.25, -0.2) is 9.97 Å². The third kappa shape index (κ3) is 2.78. The number of methoxy groups -OCH3 is 1. The molecule has 0 saturated carbocycles. The number of rotatable bonds is 6. The molecule has 0 amide bonds. The fourth-order valence-corrected chi connectivity index (χ4v) is 4.36. The van der Waals surface area contributed by atoms with Gasteiger partial charge in [0.2, 0.25) is 0 Å². The summed E-state index contributed by atoms with van der Waals surface area (Å²) in [7, 11) is 1.65. The zero-order valence-corrected chi connectivity index (χ0v) is 14.4. The molecule has 24 heavy (non-hydrogen) atoms. The fraction of sp³-hybridized carbons (Fsp3) is 0.333. The van der Waals surface area contributed by atoms with Crippen molar-refractivity contribution in [3.05, 3.63) is 41.0 Å². The Morgan fingerprint density at radius 3 is 2.92 bits per heavy atom. The number of ether oxygens (including phenoxy) is 2. The minimum absolute atomic E-state index is 0.540. The Balaban J connectivity index is 1.44. The third-order valence-electron chi connectivity index (χ3n) is 4.22. The predicted molar refractivity (Wildman–Crippen MR) is 96.4 cm³/mol. The Bertz CT molecular complexity index is 863. The molecule has 0 aliphatic heterocycles. The van der Waals surface area contributed by atoms with Gasteiger partial charge in [0, 0.05) is 4.88 Å². The van der Waals surface area contributed by atoms with Crippen LogP contribution in [0.1, 0.15) is 16.9 Å². The fourth-order valence-electron chi connectivity index (χ4n) is 3.13. The van der Waals surface area contributed by atoms with E-state index in [0.717, 1.165) is 28.6 Å². The van der Waals surface area contributed by atoms with Crippen molar-refractivity contribution in [3.63, 3.8) is 0 Å². The smallest absolute Gasteiger partial charge is 0.161 e. The molecule has 6 heteroatoms. The zero-order chi connectivity index (χ0) is 16.4. The first-order chi connectivity index (χ1) is 11.9. The van der Waals surface area contributed by atoms with E-state index in [2.05, 4.69) is 15.3 Å². The Hall–Kier alpha value is -2.34. The lowest BCUT2D eigenvalue weighted by Crippen LogP contribution is -2.13. The molecule has 1 aliphatic rings. The second kappa shape index (κ2) is 6.65. The van der Waals surface area contributed by atoms with Gasteiger partial charge in [0.05, 0.1) is 19.0 Å². The molecule has 2 heterocycles. The molecular weight excluding hydrogens is 322 g/mol. The Morgan fingerprint density at radius 1 is 1.17 bits per heavy atom. The number of fused-ring (bicyclic) bond motifs is 3. The van der Waals surface area contributed by atoms with Crippen LogP contribution in [0, 0.1) is 0 Å². The summed E-state index contributed by atoms with van der Waals surface area (Å²) in [4.78, 5) is 11.4. The molecule has 0 fully saturated rings. The first-order valence-corrected chi connectivity index (χ1v) is 8.93. The molecule has 0 saturated heterocycles. The highest BCUT2D eigenvalue weighted by Gasteiger charge is 2.20. The summed E-state index contributed by atoms with van der Waals surface area (Å²) in [6.45, 7) is 1.22. The number of aryl methyl sites for hydroxylation is 2. The molecule has 5 nitrogen and oxygen atoms in total. The number of para-hydroxylation sites is 2. The van der Waals surface area contributed by atoms with Gasteiger partial charge in [-0.15, -0.1) is 11.3 Å². The normalized spacial score (nSPS) is 13.0. The minimum Gasteiger partial charge on any atom is -0.493 e. The number of nitrogens with one attached hydrogen (secondary N) is 1. The number of thiophene rings is 1. The van der Waals surface area contributed by atoms with Crippen molar-refractivity contribution in [1.82, 2.24) is 9.97 Å². The van der Waals surface area contributed by atoms with Crippen LogP contribution < -0.4 is 14.8 Å². The highest BCUT2D eigenvalue weighted by molar-refractivity contribution is 7.19. The van der Waals surface area contributed by atoms with Crippen molar-refractivity contribution in [2.45, 2.75) is 19.3 Å². The summed E-state index contributed by atoms with van der Waals surface area (Å²) in [5.74, 6) is 2.42. The van der Waals surface area contributed by atoms with Gasteiger partial charge in [-0.3, -0.25) is 0 Å². The maximum absolute atomic E-state index is 5.81. The second-order valence-corrected chi connectivity index (χ2v) is 6.77. The maximum atomic E-state index is 5.81. The Morgan fingerprint density at radius 2 is 2.04 bits per heavy atom. The van der Waals surface area contributed by atoms with E-state index >= 15 is 0 Å². The Labute approximate surface area is 144 Å². The molecule has 3 aromatic rings. The largest absolute Gasteiger partial charge is 0.493 e. The highest BCUT2D eigenvalue weighted by atomic mass is 32.1. The van der Waals surface area contributed by atoms with Crippen LogP contribution in [0.15, 0.2) is 30.6 Å². The SMILES string of the molecule is COc1ccccc1OCCNc1ncnc2sc3c(c12)CCC3. The molecule has 1 aliphatic carbocycles. The average molecular weight is 341 g/mol. The molecule has 0 radical (unpaired) electrons. The number of anilines is 1. The molecule has 1 aromatic carbocycles. The van der Waals surface area contributed by atoms with E-state index in [1.165, 1.54) is 28.7 Å². The van der Waals surface area contributed by atoms with Crippen molar-refractivity contribution in [3.8, 4) is 11.5 Å². The number of hydrogen-bond acceptors (Lipinski definition) is 6. The monoisotopic (exact) mass is 341 g/mol. The zero-order valence-electron chi connectivity index (χ0n) is 13.5. The third-order valence-corrected chi connectivity index (χ3v) is 5.42. The van der Waals surface area contributed by atoms with Gasteiger partial charge in [-0.2, -0.15) is 0 Å². The number of benzene rings is 1. The highest BCUT2D eigenvalue weighted by Crippen LogP contribution is 2.38. The van der Waals surface area contributed by atoms with Gasteiger partial charge in [-0.1, -0.05) is 12.1 Å². The van der Waals surface area contributed by atoms with Crippen molar-refractivity contribution >= 4 is 27.4 Å². The molecule has 0 unspecified atom stereocenters. The van der Waals surface area contributed by atoms with Gasteiger partial charge in [-0.05, 0) is 37.0 Å². The maximum Gasteiger partial charge on any atom is 0.161 e. The number of aromatic nitrogens is 2. The van der Waals surface area contributed by atoms with Crippen LogP contribution in [0.4, 0.5) is 5.82 Å². The van der Waals surface area contributed by atoms with Crippen LogP contribution in [0.5, 0.6) is 11.5 Å². The first-order valence-electron chi connectivity index (χ1n) is 8.12. The van der Waals surface area contributed by atoms with Gasteiger partial charge >= 0.3 is 0 Å². The quantitative estimate of drug-likeness (QED) is 0.693. The lowest BCUT2D eigenvalue weighted by molar-refractivity contribution is 0.306. The molecular formula is C18H19N3O2S. The Kier molecular flexibility index (Phi) is 4.21. The van der Waals surface area contributed by atoms with Crippen molar-refractivity contribution in [2.24, 2.45) is 0 Å². The van der Waals surface area contributed by atoms with Crippen molar-refractivity contribution in [1.29, 1.82) is 0 Å². The van der Waals surface area contributed by atoms with Gasteiger partial charge in [0.1, 0.15) is 23.6 Å². The number of hydrogen-bond donors (Lipinski definition) is 1. The summed E-state index contributed by atoms with van der Waals surface area (Å²) in [5, 5.41) is 4.60. The molecule has 124 valence electrons. The lowest BCUT2D eigenvalue weighted by Gasteiger charge is -2.11. The van der Waals surface area contributed by atoms with E-state index in [0.29, 0.717) is 13.2 Å². The topological polar surface area (TPSA) is 56.3 Å². The summed E-state index contributed by atoms with van der Waals surface area (Å²) in [6.07, 6.45) is 5.18. The van der Waals surface area contributed by atoms with Crippen LogP contribution in [0.25, 0.3) is 10.2 Å². The molecule has 0 spiro atoms. The van der Waals surface area contributed by atoms with Crippen LogP contribution in [0.3, 0.4) is 0 Å². The minimum atomic E-state index is 0.540.